The van der Waals surface area contributed by atoms with Crippen LogP contribution in [0.15, 0.2) is 0 Å². The average molecular weight is 136 g/mol. The van der Waals surface area contributed by atoms with Gasteiger partial charge in [-0.15, -0.1) is 0 Å². The summed E-state index contributed by atoms with van der Waals surface area (Å²) in [6.07, 6.45) is 0. The molecule has 0 unspecified atom stereocenters. The van der Waals surface area contributed by atoms with Crippen molar-refractivity contribution in [3.63, 3.8) is 0 Å². The Bertz CT molecular complexity index is 170. The molecular weight excluding hydrogens is 128 g/mol. The molecule has 0 radical (unpaired) electrons. The van der Waals surface area contributed by atoms with Crippen LogP contribution in [0.25, 0.3) is 0 Å². The molecular formula is C4H8O3S. The molecule has 0 aromatic carbocycles. The van der Waals surface area contributed by atoms with Gasteiger partial charge in [0.25, 0.3) is 10.1 Å². The molecule has 0 aliphatic carbocycles. The van der Waals surface area contributed by atoms with E-state index in [1.165, 1.54) is 0 Å². The first-order valence-electron chi connectivity index (χ1n) is 2.47. The molecule has 4 heteroatoms. The summed E-state index contributed by atoms with van der Waals surface area (Å²) in [5.41, 5.74) is 0. The fraction of sp³-hybridized carbons (Fsp3) is 1.00. The fourth-order valence-corrected chi connectivity index (χ4v) is 1.99. The van der Waals surface area contributed by atoms with Gasteiger partial charge in [-0.25, -0.2) is 0 Å². The van der Waals surface area contributed by atoms with Gasteiger partial charge in [-0.2, -0.15) is 8.42 Å². The predicted octanol–water partition coefficient (Wildman–Crippen LogP) is -0.0175. The van der Waals surface area contributed by atoms with E-state index in [9.17, 15) is 8.42 Å². The van der Waals surface area contributed by atoms with E-state index in [0.29, 0.717) is 6.61 Å². The van der Waals surface area contributed by atoms with E-state index in [-0.39, 0.29) is 11.7 Å². The van der Waals surface area contributed by atoms with Crippen LogP contribution >= 0.6 is 0 Å². The summed E-state index contributed by atoms with van der Waals surface area (Å²) < 4.78 is 25.3. The van der Waals surface area contributed by atoms with Crippen molar-refractivity contribution < 1.29 is 12.6 Å². The zero-order chi connectivity index (χ0) is 6.20. The zero-order valence-corrected chi connectivity index (χ0v) is 5.44. The maximum absolute atomic E-state index is 10.4. The van der Waals surface area contributed by atoms with Gasteiger partial charge in [0.2, 0.25) is 0 Å². The lowest BCUT2D eigenvalue weighted by atomic mass is 10.2. The summed E-state index contributed by atoms with van der Waals surface area (Å²) in [5.74, 6) is 0.368. The van der Waals surface area contributed by atoms with E-state index in [0.717, 1.165) is 0 Å². The third-order valence-corrected chi connectivity index (χ3v) is 2.49. The smallest absolute Gasteiger partial charge is 0.267 e. The standard InChI is InChI=1S/C4H8O3S/c1-4-2-7-8(5,6)3-4/h4H,2-3H2,1H3/t4-/m1/s1. The molecule has 0 bridgehead atoms. The van der Waals surface area contributed by atoms with Crippen LogP contribution in [0, 0.1) is 5.92 Å². The Morgan fingerprint density at radius 1 is 1.62 bits per heavy atom. The lowest BCUT2D eigenvalue weighted by molar-refractivity contribution is 0.322. The minimum atomic E-state index is -3.10. The molecule has 1 heterocycles. The Morgan fingerprint density at radius 3 is 2.38 bits per heavy atom. The highest BCUT2D eigenvalue weighted by atomic mass is 32.2. The van der Waals surface area contributed by atoms with Crippen molar-refractivity contribution in [2.24, 2.45) is 5.92 Å². The Morgan fingerprint density at radius 2 is 2.25 bits per heavy atom. The third kappa shape index (κ3) is 1.20. The highest BCUT2D eigenvalue weighted by Gasteiger charge is 2.24. The first-order valence-corrected chi connectivity index (χ1v) is 4.05. The highest BCUT2D eigenvalue weighted by Crippen LogP contribution is 2.12. The molecule has 0 aromatic rings. The van der Waals surface area contributed by atoms with Crippen LogP contribution in [-0.2, 0) is 14.3 Å². The molecule has 1 fully saturated rings. The maximum Gasteiger partial charge on any atom is 0.267 e. The van der Waals surface area contributed by atoms with Crippen LogP contribution < -0.4 is 0 Å². The molecule has 0 saturated carbocycles. The predicted molar refractivity (Wildman–Crippen MR) is 28.9 cm³/mol. The molecule has 0 amide bonds. The summed E-state index contributed by atoms with van der Waals surface area (Å²) in [7, 11) is -3.10. The van der Waals surface area contributed by atoms with Crippen LogP contribution in [0.3, 0.4) is 0 Å². The summed E-state index contributed by atoms with van der Waals surface area (Å²) in [4.78, 5) is 0. The van der Waals surface area contributed by atoms with Gasteiger partial charge in [-0.1, -0.05) is 6.92 Å². The molecule has 1 rings (SSSR count). The molecule has 3 nitrogen and oxygen atoms in total. The molecule has 1 aliphatic rings. The van der Waals surface area contributed by atoms with E-state index in [1.54, 1.807) is 0 Å². The zero-order valence-electron chi connectivity index (χ0n) is 4.62. The third-order valence-electron chi connectivity index (χ3n) is 1.02. The molecule has 1 aliphatic heterocycles. The number of hydrogen-bond donors (Lipinski definition) is 0. The van der Waals surface area contributed by atoms with E-state index in [2.05, 4.69) is 4.18 Å². The Balaban J connectivity index is 2.71. The quantitative estimate of drug-likeness (QED) is 0.440. The van der Waals surface area contributed by atoms with Gasteiger partial charge in [0, 0.05) is 0 Å². The summed E-state index contributed by atoms with van der Waals surface area (Å²) in [6.45, 7) is 2.22. The van der Waals surface area contributed by atoms with Gasteiger partial charge < -0.3 is 0 Å². The van der Waals surface area contributed by atoms with Crippen molar-refractivity contribution in [1.29, 1.82) is 0 Å². The van der Waals surface area contributed by atoms with E-state index < -0.39 is 10.1 Å². The van der Waals surface area contributed by atoms with Crippen LogP contribution in [0.5, 0.6) is 0 Å². The van der Waals surface area contributed by atoms with Gasteiger partial charge in [-0.05, 0) is 5.92 Å². The minimum absolute atomic E-state index is 0.181. The van der Waals surface area contributed by atoms with Crippen molar-refractivity contribution in [3.05, 3.63) is 0 Å². The van der Waals surface area contributed by atoms with Crippen molar-refractivity contribution in [3.8, 4) is 0 Å². The first-order chi connectivity index (χ1) is 3.60. The minimum Gasteiger partial charge on any atom is -0.270 e. The van der Waals surface area contributed by atoms with Crippen LogP contribution in [-0.4, -0.2) is 20.8 Å². The van der Waals surface area contributed by atoms with E-state index >= 15 is 0 Å². The molecule has 1 saturated heterocycles. The van der Waals surface area contributed by atoms with Gasteiger partial charge >= 0.3 is 0 Å². The Kier molecular flexibility index (Phi) is 1.28. The fourth-order valence-electron chi connectivity index (χ4n) is 0.665. The summed E-state index contributed by atoms with van der Waals surface area (Å²) in [6, 6.07) is 0. The van der Waals surface area contributed by atoms with E-state index in [1.807, 2.05) is 6.92 Å². The Hall–Kier alpha value is -0.0900. The van der Waals surface area contributed by atoms with Crippen molar-refractivity contribution in [2.45, 2.75) is 6.92 Å². The molecule has 1 atom stereocenters. The van der Waals surface area contributed by atoms with Crippen LogP contribution in [0.4, 0.5) is 0 Å². The number of hydrogen-bond acceptors (Lipinski definition) is 3. The largest absolute Gasteiger partial charge is 0.270 e. The maximum atomic E-state index is 10.4. The van der Waals surface area contributed by atoms with Crippen molar-refractivity contribution in [2.75, 3.05) is 12.4 Å². The molecule has 0 spiro atoms. The normalized spacial score (nSPS) is 35.4. The first kappa shape index (κ1) is 6.04. The van der Waals surface area contributed by atoms with Gasteiger partial charge in [-0.3, -0.25) is 4.18 Å². The second-order valence-electron chi connectivity index (χ2n) is 2.11. The SMILES string of the molecule is C[C@@H]1COS(=O)(=O)C1. The van der Waals surface area contributed by atoms with Crippen molar-refractivity contribution in [1.82, 2.24) is 0 Å². The molecule has 0 aromatic heterocycles. The monoisotopic (exact) mass is 136 g/mol. The second kappa shape index (κ2) is 1.70. The van der Waals surface area contributed by atoms with Crippen LogP contribution in [0.2, 0.25) is 0 Å². The van der Waals surface area contributed by atoms with Gasteiger partial charge in [0.1, 0.15) is 0 Å². The summed E-state index contributed by atoms with van der Waals surface area (Å²) >= 11 is 0. The average Bonchev–Trinajstić information content (AvgIpc) is 1.82. The lowest BCUT2D eigenvalue weighted by Crippen LogP contribution is -2.00. The second-order valence-corrected chi connectivity index (χ2v) is 3.80. The molecule has 8 heavy (non-hydrogen) atoms. The summed E-state index contributed by atoms with van der Waals surface area (Å²) in [5, 5.41) is 0. The topological polar surface area (TPSA) is 43.4 Å². The Labute approximate surface area is 48.8 Å². The van der Waals surface area contributed by atoms with Crippen molar-refractivity contribution >= 4 is 10.1 Å². The van der Waals surface area contributed by atoms with E-state index in [4.69, 9.17) is 0 Å². The van der Waals surface area contributed by atoms with Gasteiger partial charge in [0.05, 0.1) is 12.4 Å². The van der Waals surface area contributed by atoms with Crippen LogP contribution in [0.1, 0.15) is 6.92 Å². The van der Waals surface area contributed by atoms with Gasteiger partial charge in [0.15, 0.2) is 0 Å². The lowest BCUT2D eigenvalue weighted by Gasteiger charge is -1.86. The highest BCUT2D eigenvalue weighted by molar-refractivity contribution is 7.86. The number of rotatable bonds is 0. The molecule has 0 N–H and O–H groups in total. The molecule has 48 valence electrons.